The Morgan fingerprint density at radius 2 is 1.77 bits per heavy atom. The van der Waals surface area contributed by atoms with E-state index in [1.165, 1.54) is 18.4 Å². The summed E-state index contributed by atoms with van der Waals surface area (Å²) in [5.74, 6) is 1.08. The van der Waals surface area contributed by atoms with Crippen LogP contribution in [0.25, 0.3) is 0 Å². The monoisotopic (exact) mass is 421 g/mol. The zero-order valence-electron chi connectivity index (χ0n) is 17.5. The lowest BCUT2D eigenvalue weighted by molar-refractivity contribution is -0.131. The van der Waals surface area contributed by atoms with E-state index in [-0.39, 0.29) is 17.9 Å². The summed E-state index contributed by atoms with van der Waals surface area (Å²) in [6.45, 7) is 2.48. The topological polar surface area (TPSA) is 93.9 Å². The van der Waals surface area contributed by atoms with Crippen LogP contribution in [0.4, 0.5) is 5.69 Å². The van der Waals surface area contributed by atoms with Gasteiger partial charge in [0.1, 0.15) is 13.2 Å². The molecule has 1 spiro atoms. The molecule has 2 aromatic carbocycles. The normalized spacial score (nSPS) is 18.5. The van der Waals surface area contributed by atoms with E-state index < -0.39 is 5.91 Å². The number of carbonyl (C=O) groups excluding carboxylic acids is 2. The highest BCUT2D eigenvalue weighted by molar-refractivity contribution is 5.99. The first-order valence-corrected chi connectivity index (χ1v) is 10.9. The van der Waals surface area contributed by atoms with Gasteiger partial charge in [0.2, 0.25) is 5.91 Å². The van der Waals surface area contributed by atoms with Crippen LogP contribution in [0.15, 0.2) is 36.4 Å². The van der Waals surface area contributed by atoms with Crippen LogP contribution in [0.5, 0.6) is 11.5 Å². The molecular formula is C24H27N3O4. The Kier molecular flexibility index (Phi) is 4.96. The van der Waals surface area contributed by atoms with Gasteiger partial charge in [-0.05, 0) is 48.2 Å². The van der Waals surface area contributed by atoms with Crippen LogP contribution in [0.2, 0.25) is 0 Å². The van der Waals surface area contributed by atoms with E-state index in [4.69, 9.17) is 15.2 Å². The summed E-state index contributed by atoms with van der Waals surface area (Å²) in [5, 5.41) is 3.11. The maximum absolute atomic E-state index is 13.2. The second-order valence-corrected chi connectivity index (χ2v) is 8.65. The fourth-order valence-corrected chi connectivity index (χ4v) is 5.26. The molecule has 3 aliphatic rings. The first-order chi connectivity index (χ1) is 15.1. The van der Waals surface area contributed by atoms with Crippen molar-refractivity contribution in [1.29, 1.82) is 0 Å². The van der Waals surface area contributed by atoms with Gasteiger partial charge in [0.15, 0.2) is 11.5 Å². The van der Waals surface area contributed by atoms with E-state index in [9.17, 15) is 9.59 Å². The number of nitrogens with zero attached hydrogens (tertiary/aromatic N) is 1. The summed E-state index contributed by atoms with van der Waals surface area (Å²) in [6.07, 6.45) is 4.48. The van der Waals surface area contributed by atoms with Gasteiger partial charge in [-0.1, -0.05) is 25.0 Å². The molecule has 2 amide bonds. The number of para-hydroxylation sites is 1. The largest absolute Gasteiger partial charge is 0.486 e. The third-order valence-corrected chi connectivity index (χ3v) is 6.73. The number of fused-ring (bicyclic) bond motifs is 3. The van der Waals surface area contributed by atoms with Gasteiger partial charge in [-0.3, -0.25) is 9.59 Å². The van der Waals surface area contributed by atoms with Crippen LogP contribution in [-0.4, -0.2) is 43.0 Å². The van der Waals surface area contributed by atoms with Crippen LogP contribution in [-0.2, 0) is 16.8 Å². The predicted molar refractivity (Wildman–Crippen MR) is 116 cm³/mol. The molecule has 0 bridgehead atoms. The number of carbonyl (C=O) groups is 2. The minimum absolute atomic E-state index is 0.00564. The molecule has 2 aromatic rings. The molecule has 5 rings (SSSR count). The molecule has 1 aliphatic carbocycles. The molecule has 7 heteroatoms. The summed E-state index contributed by atoms with van der Waals surface area (Å²) >= 11 is 0. The Hall–Kier alpha value is -3.22. The molecule has 31 heavy (non-hydrogen) atoms. The molecule has 0 unspecified atom stereocenters. The molecule has 0 aromatic heterocycles. The Balaban J connectivity index is 1.39. The lowest BCUT2D eigenvalue weighted by Gasteiger charge is -2.43. The van der Waals surface area contributed by atoms with Crippen molar-refractivity contribution in [2.45, 2.75) is 37.6 Å². The number of hydrogen-bond donors (Lipinski definition) is 2. The van der Waals surface area contributed by atoms with Gasteiger partial charge in [-0.25, -0.2) is 0 Å². The molecule has 3 N–H and O–H groups in total. The van der Waals surface area contributed by atoms with Crippen LogP contribution in [0.3, 0.4) is 0 Å². The average Bonchev–Trinajstić information content (AvgIpc) is 3.25. The maximum atomic E-state index is 13.2. The average molecular weight is 421 g/mol. The quantitative estimate of drug-likeness (QED) is 0.792. The Labute approximate surface area is 181 Å². The van der Waals surface area contributed by atoms with Crippen molar-refractivity contribution >= 4 is 17.5 Å². The van der Waals surface area contributed by atoms with E-state index in [1.54, 1.807) is 18.2 Å². The Bertz CT molecular complexity index is 1030. The van der Waals surface area contributed by atoms with E-state index in [2.05, 4.69) is 17.4 Å². The number of amides is 2. The van der Waals surface area contributed by atoms with Gasteiger partial charge < -0.3 is 25.4 Å². The Morgan fingerprint density at radius 3 is 2.52 bits per heavy atom. The minimum atomic E-state index is -0.514. The van der Waals surface area contributed by atoms with E-state index in [0.29, 0.717) is 37.6 Å². The lowest BCUT2D eigenvalue weighted by atomic mass is 9.73. The van der Waals surface area contributed by atoms with E-state index in [1.807, 2.05) is 11.0 Å². The highest BCUT2D eigenvalue weighted by Gasteiger charge is 2.43. The maximum Gasteiger partial charge on any atom is 0.250 e. The van der Waals surface area contributed by atoms with Gasteiger partial charge in [0.05, 0.1) is 12.1 Å². The molecule has 1 saturated carbocycles. The molecule has 2 aliphatic heterocycles. The molecular weight excluding hydrogens is 394 g/mol. The van der Waals surface area contributed by atoms with Crippen LogP contribution in [0, 0.1) is 0 Å². The second kappa shape index (κ2) is 7.80. The summed E-state index contributed by atoms with van der Waals surface area (Å²) < 4.78 is 11.6. The fraction of sp³-hybridized carbons (Fsp3) is 0.417. The SMILES string of the molecule is NC(=O)c1ccccc1NCC(=O)N1Cc2cc3c(cc2C2(CCCC2)C1)OCCO3. The van der Waals surface area contributed by atoms with Crippen LogP contribution < -0.4 is 20.5 Å². The molecule has 0 saturated heterocycles. The van der Waals surface area contributed by atoms with Gasteiger partial charge in [-0.2, -0.15) is 0 Å². The first kappa shape index (κ1) is 19.7. The number of benzene rings is 2. The predicted octanol–water partition coefficient (Wildman–Crippen LogP) is 2.82. The van der Waals surface area contributed by atoms with Gasteiger partial charge >= 0.3 is 0 Å². The standard InChI is InChI=1S/C24H27N3O4/c25-23(29)17-5-1-2-6-19(17)26-13-22(28)27-14-16-11-20-21(31-10-9-30-20)12-18(16)24(15-27)7-3-4-8-24/h1-2,5-6,11-12,26H,3-4,7-10,13-15H2,(H2,25,29). The number of nitrogens with one attached hydrogen (secondary N) is 1. The molecule has 7 nitrogen and oxygen atoms in total. The number of hydrogen-bond acceptors (Lipinski definition) is 5. The van der Waals surface area contributed by atoms with E-state index >= 15 is 0 Å². The number of nitrogens with two attached hydrogens (primary N) is 1. The Morgan fingerprint density at radius 1 is 1.06 bits per heavy atom. The second-order valence-electron chi connectivity index (χ2n) is 8.65. The minimum Gasteiger partial charge on any atom is -0.486 e. The number of rotatable bonds is 4. The van der Waals surface area contributed by atoms with Gasteiger partial charge in [0, 0.05) is 24.2 Å². The zero-order chi connectivity index (χ0) is 21.4. The van der Waals surface area contributed by atoms with Gasteiger partial charge in [0.25, 0.3) is 5.91 Å². The van der Waals surface area contributed by atoms with Crippen molar-refractivity contribution in [3.63, 3.8) is 0 Å². The summed E-state index contributed by atoms with van der Waals surface area (Å²) in [5.41, 5.74) is 8.85. The van der Waals surface area contributed by atoms with Crippen molar-refractivity contribution in [2.24, 2.45) is 5.73 Å². The van der Waals surface area contributed by atoms with Gasteiger partial charge in [-0.15, -0.1) is 0 Å². The van der Waals surface area contributed by atoms with Crippen LogP contribution >= 0.6 is 0 Å². The van der Waals surface area contributed by atoms with Crippen molar-refractivity contribution in [3.05, 3.63) is 53.1 Å². The first-order valence-electron chi connectivity index (χ1n) is 10.9. The molecule has 0 radical (unpaired) electrons. The van der Waals surface area contributed by atoms with E-state index in [0.717, 1.165) is 29.9 Å². The van der Waals surface area contributed by atoms with Crippen molar-refractivity contribution in [1.82, 2.24) is 4.90 Å². The van der Waals surface area contributed by atoms with Crippen molar-refractivity contribution in [2.75, 3.05) is 31.6 Å². The number of ether oxygens (including phenoxy) is 2. The smallest absolute Gasteiger partial charge is 0.250 e. The lowest BCUT2D eigenvalue weighted by Crippen LogP contribution is -2.48. The van der Waals surface area contributed by atoms with Crippen molar-refractivity contribution < 1.29 is 19.1 Å². The highest BCUT2D eigenvalue weighted by Crippen LogP contribution is 2.49. The molecule has 0 atom stereocenters. The van der Waals surface area contributed by atoms with Crippen molar-refractivity contribution in [3.8, 4) is 11.5 Å². The summed E-state index contributed by atoms with van der Waals surface area (Å²) in [6, 6.07) is 11.2. The summed E-state index contributed by atoms with van der Waals surface area (Å²) in [4.78, 5) is 26.8. The zero-order valence-corrected chi connectivity index (χ0v) is 17.5. The third kappa shape index (κ3) is 3.58. The fourth-order valence-electron chi connectivity index (χ4n) is 5.26. The molecule has 162 valence electrons. The highest BCUT2D eigenvalue weighted by atomic mass is 16.6. The number of primary amides is 1. The molecule has 2 heterocycles. The molecule has 1 fully saturated rings. The number of anilines is 1. The summed E-state index contributed by atoms with van der Waals surface area (Å²) in [7, 11) is 0. The van der Waals surface area contributed by atoms with Crippen LogP contribution in [0.1, 0.15) is 47.2 Å². The third-order valence-electron chi connectivity index (χ3n) is 6.73.